The van der Waals surface area contributed by atoms with E-state index in [0.717, 1.165) is 34.4 Å². The van der Waals surface area contributed by atoms with E-state index >= 15 is 0 Å². The van der Waals surface area contributed by atoms with Gasteiger partial charge in [-0.25, -0.2) is 18.7 Å². The second kappa shape index (κ2) is 8.48. The Morgan fingerprint density at radius 2 is 1.83 bits per heavy atom. The topological polar surface area (TPSA) is 81.5 Å². The Labute approximate surface area is 206 Å². The minimum atomic E-state index is -0.691. The van der Waals surface area contributed by atoms with E-state index in [2.05, 4.69) is 15.0 Å². The minimum Gasteiger partial charge on any atom is -0.487 e. The molecule has 0 N–H and O–H groups in total. The fourth-order valence-corrected chi connectivity index (χ4v) is 4.69. The van der Waals surface area contributed by atoms with Gasteiger partial charge in [0.15, 0.2) is 17.4 Å². The highest BCUT2D eigenvalue weighted by Gasteiger charge is 2.50. The first-order valence-electron chi connectivity index (χ1n) is 12.0. The van der Waals surface area contributed by atoms with Crippen molar-refractivity contribution in [1.82, 2.24) is 24.7 Å². The number of rotatable bonds is 5. The number of ether oxygens (including phenoxy) is 2. The summed E-state index contributed by atoms with van der Waals surface area (Å²) in [7, 11) is 1.86. The van der Waals surface area contributed by atoms with Gasteiger partial charge in [-0.3, -0.25) is 9.67 Å². The summed E-state index contributed by atoms with van der Waals surface area (Å²) in [6.45, 7) is 5.38. The smallest absolute Gasteiger partial charge is 0.167 e. The van der Waals surface area contributed by atoms with E-state index in [0.29, 0.717) is 31.4 Å². The third kappa shape index (κ3) is 4.26. The van der Waals surface area contributed by atoms with Gasteiger partial charge < -0.3 is 14.4 Å². The van der Waals surface area contributed by atoms with Gasteiger partial charge in [0.1, 0.15) is 29.2 Å². The van der Waals surface area contributed by atoms with E-state index < -0.39 is 11.6 Å². The van der Waals surface area contributed by atoms with Crippen LogP contribution >= 0.6 is 0 Å². The Hall–Kier alpha value is -3.66. The maximum Gasteiger partial charge on any atom is 0.167 e. The largest absolute Gasteiger partial charge is 0.487 e. The maximum atomic E-state index is 14.1. The molecule has 2 aliphatic rings. The summed E-state index contributed by atoms with van der Waals surface area (Å²) in [5.74, 6) is -0.483. The van der Waals surface area contributed by atoms with E-state index in [1.807, 2.05) is 33.2 Å². The number of pyridine rings is 1. The molecule has 36 heavy (non-hydrogen) atoms. The van der Waals surface area contributed by atoms with Crippen molar-refractivity contribution >= 4 is 16.9 Å². The van der Waals surface area contributed by atoms with E-state index in [4.69, 9.17) is 19.4 Å². The van der Waals surface area contributed by atoms with Crippen LogP contribution in [-0.4, -0.2) is 49.5 Å². The number of hydrogen-bond donors (Lipinski definition) is 0. The molecule has 0 saturated carbocycles. The Balaban J connectivity index is 1.29. The molecule has 5 heterocycles. The average molecular weight is 493 g/mol. The van der Waals surface area contributed by atoms with Crippen molar-refractivity contribution in [1.29, 1.82) is 0 Å². The summed E-state index contributed by atoms with van der Waals surface area (Å²) in [4.78, 5) is 16.7. The number of benzene rings is 1. The summed E-state index contributed by atoms with van der Waals surface area (Å²) in [6, 6.07) is 5.33. The second-order valence-corrected chi connectivity index (χ2v) is 9.88. The standard InChI is InChI=1S/C26H26F2N6O2/c1-26(2)24(36-26)20-11-19-21(13-29-20)31-23(15-12-30-33(3)14-15)25(32-19)34-8-6-17(7-9-34)35-22-5-4-16(27)10-18(22)28/h4-5,10-14,17,24H,6-9H2,1-3H3. The summed E-state index contributed by atoms with van der Waals surface area (Å²) in [6.07, 6.45) is 6.52. The molecule has 4 aromatic rings. The lowest BCUT2D eigenvalue weighted by Gasteiger charge is -2.33. The van der Waals surface area contributed by atoms with Crippen molar-refractivity contribution in [2.45, 2.75) is 44.5 Å². The molecule has 0 spiro atoms. The number of anilines is 1. The third-order valence-corrected chi connectivity index (χ3v) is 6.73. The van der Waals surface area contributed by atoms with Crippen LogP contribution in [0.4, 0.5) is 14.6 Å². The lowest BCUT2D eigenvalue weighted by atomic mass is 10.1. The van der Waals surface area contributed by atoms with Crippen LogP contribution in [0.1, 0.15) is 38.5 Å². The molecule has 0 bridgehead atoms. The highest BCUT2D eigenvalue weighted by Crippen LogP contribution is 2.48. The van der Waals surface area contributed by atoms with Crippen LogP contribution in [0.25, 0.3) is 22.3 Å². The number of piperidine rings is 1. The zero-order chi connectivity index (χ0) is 25.0. The molecule has 1 unspecified atom stereocenters. The van der Waals surface area contributed by atoms with Crippen LogP contribution < -0.4 is 9.64 Å². The van der Waals surface area contributed by atoms with Crippen molar-refractivity contribution in [3.05, 3.63) is 60.2 Å². The SMILES string of the molecule is Cn1cc(-c2nc3cnc(C4OC4(C)C)cc3nc2N2CCC(Oc3ccc(F)cc3F)CC2)cn1. The van der Waals surface area contributed by atoms with Gasteiger partial charge in [-0.05, 0) is 32.0 Å². The molecule has 1 atom stereocenters. The first kappa shape index (κ1) is 22.8. The monoisotopic (exact) mass is 492 g/mol. The van der Waals surface area contributed by atoms with Crippen LogP contribution in [0.5, 0.6) is 5.75 Å². The normalized spacial score (nSPS) is 19.6. The first-order chi connectivity index (χ1) is 17.3. The summed E-state index contributed by atoms with van der Waals surface area (Å²) < 4.78 is 40.6. The molecule has 8 nitrogen and oxygen atoms in total. The number of aromatic nitrogens is 5. The number of epoxide rings is 1. The molecule has 2 aliphatic heterocycles. The molecule has 2 fully saturated rings. The Bertz CT molecular complexity index is 1450. The molecular formula is C26H26F2N6O2. The second-order valence-electron chi connectivity index (χ2n) is 9.88. The number of aryl methyl sites for hydroxylation is 1. The molecular weight excluding hydrogens is 466 g/mol. The minimum absolute atomic E-state index is 0.0510. The van der Waals surface area contributed by atoms with E-state index in [9.17, 15) is 8.78 Å². The van der Waals surface area contributed by atoms with Crippen molar-refractivity contribution in [2.75, 3.05) is 18.0 Å². The quantitative estimate of drug-likeness (QED) is 0.377. The Kier molecular flexibility index (Phi) is 5.36. The fraction of sp³-hybridized carbons (Fsp3) is 0.385. The molecule has 186 valence electrons. The fourth-order valence-electron chi connectivity index (χ4n) is 4.69. The number of halogens is 2. The highest BCUT2D eigenvalue weighted by molar-refractivity contribution is 5.83. The van der Waals surface area contributed by atoms with Crippen LogP contribution in [0.3, 0.4) is 0 Å². The van der Waals surface area contributed by atoms with Crippen LogP contribution in [0.15, 0.2) is 42.9 Å². The van der Waals surface area contributed by atoms with Gasteiger partial charge in [0, 0.05) is 50.8 Å². The summed E-state index contributed by atoms with van der Waals surface area (Å²) in [5.41, 5.74) is 3.67. The predicted octanol–water partition coefficient (Wildman–Crippen LogP) is 4.60. The van der Waals surface area contributed by atoms with Gasteiger partial charge in [0.2, 0.25) is 0 Å². The van der Waals surface area contributed by atoms with Gasteiger partial charge in [-0.1, -0.05) is 0 Å². The van der Waals surface area contributed by atoms with Crippen molar-refractivity contribution in [3.8, 4) is 17.0 Å². The molecule has 0 aliphatic carbocycles. The molecule has 2 saturated heterocycles. The molecule has 3 aromatic heterocycles. The average Bonchev–Trinajstić information content (AvgIpc) is 3.28. The Morgan fingerprint density at radius 1 is 1.06 bits per heavy atom. The van der Waals surface area contributed by atoms with Gasteiger partial charge in [0.25, 0.3) is 0 Å². The van der Waals surface area contributed by atoms with Gasteiger partial charge in [-0.15, -0.1) is 0 Å². The third-order valence-electron chi connectivity index (χ3n) is 6.73. The van der Waals surface area contributed by atoms with Gasteiger partial charge >= 0.3 is 0 Å². The predicted molar refractivity (Wildman–Crippen MR) is 130 cm³/mol. The molecule has 6 rings (SSSR count). The first-order valence-corrected chi connectivity index (χ1v) is 12.0. The zero-order valence-corrected chi connectivity index (χ0v) is 20.3. The molecule has 0 radical (unpaired) electrons. The van der Waals surface area contributed by atoms with Crippen molar-refractivity contribution < 1.29 is 18.3 Å². The summed E-state index contributed by atoms with van der Waals surface area (Å²) >= 11 is 0. The van der Waals surface area contributed by atoms with E-state index in [1.165, 1.54) is 12.1 Å². The molecule has 1 aromatic carbocycles. The lowest BCUT2D eigenvalue weighted by molar-refractivity contribution is 0.163. The van der Waals surface area contributed by atoms with Crippen LogP contribution in [0, 0.1) is 11.6 Å². The van der Waals surface area contributed by atoms with E-state index in [-0.39, 0.29) is 23.6 Å². The van der Waals surface area contributed by atoms with Gasteiger partial charge in [-0.2, -0.15) is 5.10 Å². The number of nitrogens with zero attached hydrogens (tertiary/aromatic N) is 6. The van der Waals surface area contributed by atoms with E-state index in [1.54, 1.807) is 17.1 Å². The van der Waals surface area contributed by atoms with Crippen molar-refractivity contribution in [3.63, 3.8) is 0 Å². The maximum absolute atomic E-state index is 14.1. The lowest BCUT2D eigenvalue weighted by Crippen LogP contribution is -2.39. The Morgan fingerprint density at radius 3 is 2.50 bits per heavy atom. The van der Waals surface area contributed by atoms with Crippen LogP contribution in [-0.2, 0) is 11.8 Å². The van der Waals surface area contributed by atoms with Crippen molar-refractivity contribution in [2.24, 2.45) is 7.05 Å². The number of hydrogen-bond acceptors (Lipinski definition) is 7. The molecule has 0 amide bonds. The van der Waals surface area contributed by atoms with Crippen LogP contribution in [0.2, 0.25) is 0 Å². The summed E-state index contributed by atoms with van der Waals surface area (Å²) in [5, 5.41) is 4.31. The molecule has 10 heteroatoms. The highest BCUT2D eigenvalue weighted by atomic mass is 19.1. The number of fused-ring (bicyclic) bond motifs is 1. The zero-order valence-electron chi connectivity index (χ0n) is 20.3. The van der Waals surface area contributed by atoms with Gasteiger partial charge in [0.05, 0.1) is 29.2 Å².